The van der Waals surface area contributed by atoms with Gasteiger partial charge >= 0.3 is 12.1 Å². The summed E-state index contributed by atoms with van der Waals surface area (Å²) >= 11 is 7.15. The molecule has 0 bridgehead atoms. The molecular weight excluding hydrogens is 850 g/mol. The highest BCUT2D eigenvalue weighted by Gasteiger charge is 2.33. The summed E-state index contributed by atoms with van der Waals surface area (Å²) in [5.74, 6) is 0.197. The number of ether oxygens (including phenoxy) is 4. The summed E-state index contributed by atoms with van der Waals surface area (Å²) in [4.78, 5) is 71.7. The van der Waals surface area contributed by atoms with E-state index in [-0.39, 0.29) is 36.1 Å². The number of benzene rings is 1. The van der Waals surface area contributed by atoms with E-state index in [1.54, 1.807) is 54.4 Å². The molecule has 5 heterocycles. The SMILES string of the molecule is COc1cc(C(=O)Nc2cccc(-c3nccc(-c4ccc(CN(C(=O)OC(C)(C)C)C5CCN(C(C)=O)CC5)c(OC)n4)c3Cl)c2C)ncc1CN1CCC(C(=O)OC(C)(C)C)CC1. The molecule has 2 fully saturated rings. The minimum absolute atomic E-state index is 0.0148. The van der Waals surface area contributed by atoms with Gasteiger partial charge in [-0.05, 0) is 117 Å². The van der Waals surface area contributed by atoms with Crippen molar-refractivity contribution in [1.82, 2.24) is 29.7 Å². The molecule has 2 saturated heterocycles. The van der Waals surface area contributed by atoms with Crippen molar-refractivity contribution in [1.29, 1.82) is 0 Å². The predicted octanol–water partition coefficient (Wildman–Crippen LogP) is 8.74. The van der Waals surface area contributed by atoms with Crippen LogP contribution in [0.3, 0.4) is 0 Å². The second-order valence-electron chi connectivity index (χ2n) is 18.6. The first kappa shape index (κ1) is 48.7. The van der Waals surface area contributed by atoms with Gasteiger partial charge in [-0.15, -0.1) is 0 Å². The van der Waals surface area contributed by atoms with E-state index >= 15 is 0 Å². The van der Waals surface area contributed by atoms with Crippen molar-refractivity contribution in [2.75, 3.05) is 45.7 Å². The average Bonchev–Trinajstić information content (AvgIpc) is 3.25. The fraction of sp³-hybridized carbons (Fsp3) is 0.490. The molecule has 1 aromatic carbocycles. The largest absolute Gasteiger partial charge is 0.496 e. The molecule has 0 aliphatic carbocycles. The minimum atomic E-state index is -0.703. The van der Waals surface area contributed by atoms with Crippen molar-refractivity contribution in [3.05, 3.63) is 82.3 Å². The molecule has 16 heteroatoms. The third-order valence-corrected chi connectivity index (χ3v) is 12.0. The number of hydrogen-bond donors (Lipinski definition) is 1. The van der Waals surface area contributed by atoms with Gasteiger partial charge in [-0.25, -0.2) is 9.78 Å². The van der Waals surface area contributed by atoms with Crippen LogP contribution >= 0.6 is 11.6 Å². The molecule has 4 aromatic rings. The Balaban J connectivity index is 1.17. The molecule has 0 saturated carbocycles. The molecule has 3 amide bonds. The van der Waals surface area contributed by atoms with Gasteiger partial charge < -0.3 is 34.1 Å². The van der Waals surface area contributed by atoms with E-state index in [1.807, 2.05) is 72.7 Å². The number of nitrogens with zero attached hydrogens (tertiary/aromatic N) is 6. The molecule has 2 aliphatic rings. The lowest BCUT2D eigenvalue weighted by atomic mass is 9.96. The minimum Gasteiger partial charge on any atom is -0.496 e. The maximum absolute atomic E-state index is 13.7. The second kappa shape index (κ2) is 20.6. The third-order valence-electron chi connectivity index (χ3n) is 11.6. The summed E-state index contributed by atoms with van der Waals surface area (Å²) in [6.45, 7) is 17.9. The smallest absolute Gasteiger partial charge is 0.410 e. The Bertz CT molecular complexity index is 2380. The van der Waals surface area contributed by atoms with Gasteiger partial charge in [-0.1, -0.05) is 23.7 Å². The monoisotopic (exact) mass is 911 g/mol. The zero-order valence-corrected chi connectivity index (χ0v) is 40.0. The summed E-state index contributed by atoms with van der Waals surface area (Å²) in [7, 11) is 3.10. The van der Waals surface area contributed by atoms with Crippen LogP contribution in [0.1, 0.15) is 101 Å². The lowest BCUT2D eigenvalue weighted by Gasteiger charge is -2.39. The number of halogens is 1. The molecule has 2 aliphatic heterocycles. The van der Waals surface area contributed by atoms with Gasteiger partial charge in [-0.2, -0.15) is 0 Å². The van der Waals surface area contributed by atoms with Crippen molar-refractivity contribution < 1.29 is 38.1 Å². The molecule has 0 radical (unpaired) electrons. The maximum atomic E-state index is 13.7. The van der Waals surface area contributed by atoms with Crippen LogP contribution in [0.5, 0.6) is 11.6 Å². The van der Waals surface area contributed by atoms with E-state index in [4.69, 9.17) is 35.5 Å². The number of methoxy groups -OCH3 is 2. The Kier molecular flexibility index (Phi) is 15.4. The molecule has 15 nitrogen and oxygen atoms in total. The lowest BCUT2D eigenvalue weighted by molar-refractivity contribution is -0.161. The Morgan fingerprint density at radius 1 is 0.846 bits per heavy atom. The molecule has 348 valence electrons. The highest BCUT2D eigenvalue weighted by Crippen LogP contribution is 2.38. The summed E-state index contributed by atoms with van der Waals surface area (Å²) in [6, 6.07) is 12.5. The van der Waals surface area contributed by atoms with E-state index in [0.29, 0.717) is 95.7 Å². The number of pyridine rings is 3. The number of nitrogens with one attached hydrogen (secondary N) is 1. The predicted molar refractivity (Wildman–Crippen MR) is 249 cm³/mol. The van der Waals surface area contributed by atoms with E-state index < -0.39 is 23.2 Å². The first-order chi connectivity index (χ1) is 30.7. The van der Waals surface area contributed by atoms with Crippen molar-refractivity contribution in [2.45, 2.75) is 111 Å². The van der Waals surface area contributed by atoms with Crippen molar-refractivity contribution >= 4 is 41.2 Å². The fourth-order valence-electron chi connectivity index (χ4n) is 8.15. The van der Waals surface area contributed by atoms with Crippen LogP contribution in [0.4, 0.5) is 10.5 Å². The molecule has 0 atom stereocenters. The molecule has 0 spiro atoms. The van der Waals surface area contributed by atoms with Gasteiger partial charge in [0.15, 0.2) is 0 Å². The molecule has 6 rings (SSSR count). The van der Waals surface area contributed by atoms with E-state index in [1.165, 1.54) is 7.11 Å². The van der Waals surface area contributed by atoms with Gasteiger partial charge in [0.1, 0.15) is 22.6 Å². The fourth-order valence-corrected chi connectivity index (χ4v) is 8.46. The van der Waals surface area contributed by atoms with Gasteiger partial charge in [0.25, 0.3) is 5.91 Å². The van der Waals surface area contributed by atoms with Crippen LogP contribution in [0.2, 0.25) is 5.02 Å². The van der Waals surface area contributed by atoms with Crippen LogP contribution in [0.25, 0.3) is 22.5 Å². The molecule has 1 N–H and O–H groups in total. The second-order valence-corrected chi connectivity index (χ2v) is 19.0. The quantitative estimate of drug-likeness (QED) is 0.135. The normalized spacial score (nSPS) is 15.3. The average molecular weight is 913 g/mol. The Morgan fingerprint density at radius 3 is 2.17 bits per heavy atom. The van der Waals surface area contributed by atoms with Gasteiger partial charge in [0, 0.05) is 79.0 Å². The summed E-state index contributed by atoms with van der Waals surface area (Å²) < 4.78 is 22.9. The molecule has 0 unspecified atom stereocenters. The highest BCUT2D eigenvalue weighted by atomic mass is 35.5. The first-order valence-corrected chi connectivity index (χ1v) is 22.5. The zero-order chi connectivity index (χ0) is 47.2. The van der Waals surface area contributed by atoms with Gasteiger partial charge in [0.2, 0.25) is 11.8 Å². The Labute approximate surface area is 387 Å². The summed E-state index contributed by atoms with van der Waals surface area (Å²) in [5, 5.41) is 3.36. The number of rotatable bonds is 12. The number of likely N-dealkylation sites (tertiary alicyclic amines) is 2. The topological polar surface area (TPSA) is 166 Å². The Morgan fingerprint density at radius 2 is 1.54 bits per heavy atom. The van der Waals surface area contributed by atoms with E-state index in [9.17, 15) is 19.2 Å². The number of carbonyl (C=O) groups excluding carboxylic acids is 4. The number of piperidine rings is 2. The third kappa shape index (κ3) is 12.3. The highest BCUT2D eigenvalue weighted by molar-refractivity contribution is 6.35. The van der Waals surface area contributed by atoms with Crippen molar-refractivity contribution in [2.24, 2.45) is 5.92 Å². The van der Waals surface area contributed by atoms with E-state index in [2.05, 4.69) is 20.2 Å². The number of anilines is 1. The van der Waals surface area contributed by atoms with E-state index in [0.717, 1.165) is 24.2 Å². The molecule has 3 aromatic heterocycles. The Hall–Kier alpha value is -5.80. The van der Waals surface area contributed by atoms with Crippen molar-refractivity contribution in [3.63, 3.8) is 0 Å². The van der Waals surface area contributed by atoms with Crippen LogP contribution < -0.4 is 14.8 Å². The first-order valence-electron chi connectivity index (χ1n) is 22.1. The maximum Gasteiger partial charge on any atom is 0.410 e. The number of aromatic nitrogens is 3. The van der Waals surface area contributed by atoms with Crippen LogP contribution in [0, 0.1) is 12.8 Å². The van der Waals surface area contributed by atoms with Gasteiger partial charge in [0.05, 0.1) is 43.1 Å². The molecule has 65 heavy (non-hydrogen) atoms. The zero-order valence-electron chi connectivity index (χ0n) is 39.2. The number of carbonyl (C=O) groups is 4. The molecular formula is C49H62ClN7O8. The van der Waals surface area contributed by atoms with Gasteiger partial charge in [-0.3, -0.25) is 29.3 Å². The number of hydrogen-bond acceptors (Lipinski definition) is 12. The number of esters is 1. The van der Waals surface area contributed by atoms with Crippen LogP contribution in [-0.4, -0.2) is 111 Å². The van der Waals surface area contributed by atoms with Crippen LogP contribution in [-0.2, 0) is 32.2 Å². The number of amides is 3. The standard InChI is InChI=1S/C49H62ClN7O8/c1-30-36(12-11-13-38(30)53-44(59)40-26-41(62-9)34(27-52-40)28-55-22-17-32(18-23-55)46(60)64-48(3,4)5)43-42(50)37(16-21-51-43)39-15-14-33(45(54-39)63-10)29-57(47(61)65-49(6,7)8)35-19-24-56(25-20-35)31(2)58/h11-16,21,26-27,32,35H,17-20,22-25,28-29H2,1-10H3,(H,53,59). The summed E-state index contributed by atoms with van der Waals surface area (Å²) in [5.41, 5.74) is 4.13. The van der Waals surface area contributed by atoms with Crippen LogP contribution in [0.15, 0.2) is 54.9 Å². The lowest BCUT2D eigenvalue weighted by Crippen LogP contribution is -2.49. The summed E-state index contributed by atoms with van der Waals surface area (Å²) in [6.07, 6.45) is 5.52. The van der Waals surface area contributed by atoms with Crippen molar-refractivity contribution in [3.8, 4) is 34.1 Å².